The molecule has 0 spiro atoms. The molecule has 2 aromatic heterocycles. The van der Waals surface area contributed by atoms with Crippen LogP contribution >= 0.6 is 0 Å². The lowest BCUT2D eigenvalue weighted by molar-refractivity contribution is -0.137. The highest BCUT2D eigenvalue weighted by Gasteiger charge is 2.47. The standard InChI is InChI=1S/C26H29N7O6/c1-28-24(36)21-19(34)20(35)26(39-21)33-13-29-18-22(27)30-17(31-23(18)33)4-3-11-32(25(37)15-7-8-15)12-14-5-9-16(38-2)10-6-14/h5-6,9-10,13,15,19-21,26,34-35H,7-8,11-12H2,1-2H3,(H,28,36)(H2,27,30,31)/t19-,20+,21-,26+/m0/s1. The number of rotatable bonds is 7. The summed E-state index contributed by atoms with van der Waals surface area (Å²) in [5.41, 5.74) is 7.51. The molecule has 2 amide bonds. The number of nitrogens with two attached hydrogens (primary N) is 1. The van der Waals surface area contributed by atoms with Gasteiger partial charge in [-0.05, 0) is 36.5 Å². The summed E-state index contributed by atoms with van der Waals surface area (Å²) >= 11 is 0. The Balaban J connectivity index is 1.38. The SMILES string of the molecule is CNC(=O)[C@H]1O[C@@H](n2cnc3c(N)nc(C#CCN(Cc4ccc(OC)cc4)C(=O)C4CC4)nc32)[C@H](O)[C@@H]1O. The number of imidazole rings is 1. The second kappa shape index (κ2) is 10.9. The third-order valence-electron chi connectivity index (χ3n) is 6.71. The molecule has 1 aliphatic carbocycles. The van der Waals surface area contributed by atoms with Crippen LogP contribution in [0.4, 0.5) is 5.82 Å². The molecular weight excluding hydrogens is 506 g/mol. The van der Waals surface area contributed by atoms with Crippen molar-refractivity contribution in [1.82, 2.24) is 29.7 Å². The van der Waals surface area contributed by atoms with E-state index >= 15 is 0 Å². The number of fused-ring (bicyclic) bond motifs is 1. The van der Waals surface area contributed by atoms with Crippen LogP contribution in [0.3, 0.4) is 0 Å². The van der Waals surface area contributed by atoms with Gasteiger partial charge in [-0.3, -0.25) is 14.2 Å². The van der Waals surface area contributed by atoms with Gasteiger partial charge in [-0.15, -0.1) is 0 Å². The minimum absolute atomic E-state index is 0.0226. The Morgan fingerprint density at radius 1 is 1.23 bits per heavy atom. The molecule has 204 valence electrons. The molecule has 0 bridgehead atoms. The number of hydrogen-bond acceptors (Lipinski definition) is 10. The van der Waals surface area contributed by atoms with E-state index in [4.69, 9.17) is 15.2 Å². The quantitative estimate of drug-likeness (QED) is 0.290. The Hall–Kier alpha value is -4.25. The summed E-state index contributed by atoms with van der Waals surface area (Å²) in [6.07, 6.45) is -2.20. The van der Waals surface area contributed by atoms with E-state index in [1.165, 1.54) is 17.9 Å². The van der Waals surface area contributed by atoms with Crippen LogP contribution in [0.5, 0.6) is 5.75 Å². The fourth-order valence-electron chi connectivity index (χ4n) is 4.39. The first kappa shape index (κ1) is 26.4. The van der Waals surface area contributed by atoms with Crippen molar-refractivity contribution in [2.24, 2.45) is 5.92 Å². The van der Waals surface area contributed by atoms with Crippen molar-refractivity contribution in [2.75, 3.05) is 26.4 Å². The van der Waals surface area contributed by atoms with Crippen LogP contribution in [-0.2, 0) is 20.9 Å². The van der Waals surface area contributed by atoms with Gasteiger partial charge in [-0.2, -0.15) is 0 Å². The maximum Gasteiger partial charge on any atom is 0.251 e. The second-order valence-electron chi connectivity index (χ2n) is 9.42. The Morgan fingerprint density at radius 2 is 1.97 bits per heavy atom. The normalized spacial score (nSPS) is 22.3. The van der Waals surface area contributed by atoms with Gasteiger partial charge in [0.25, 0.3) is 5.91 Å². The number of carbonyl (C=O) groups excluding carboxylic acids is 2. The van der Waals surface area contributed by atoms with E-state index < -0.39 is 30.4 Å². The van der Waals surface area contributed by atoms with Crippen LogP contribution in [0.1, 0.15) is 30.5 Å². The highest BCUT2D eigenvalue weighted by molar-refractivity contribution is 5.83. The number of anilines is 1. The Morgan fingerprint density at radius 3 is 2.64 bits per heavy atom. The van der Waals surface area contributed by atoms with E-state index in [9.17, 15) is 19.8 Å². The second-order valence-corrected chi connectivity index (χ2v) is 9.42. The number of nitrogens with zero attached hydrogens (tertiary/aromatic N) is 5. The summed E-state index contributed by atoms with van der Waals surface area (Å²) in [5, 5.41) is 23.2. The zero-order valence-corrected chi connectivity index (χ0v) is 21.4. The fourth-order valence-corrected chi connectivity index (χ4v) is 4.39. The number of carbonyl (C=O) groups is 2. The van der Waals surface area contributed by atoms with Crippen LogP contribution in [-0.4, -0.2) is 85.5 Å². The van der Waals surface area contributed by atoms with Gasteiger partial charge in [-0.25, -0.2) is 15.0 Å². The number of hydrogen-bond donors (Lipinski definition) is 4. The van der Waals surface area contributed by atoms with Crippen LogP contribution in [0.25, 0.3) is 11.2 Å². The molecular formula is C26H29N7O6. The molecule has 1 saturated heterocycles. The molecule has 5 rings (SSSR count). The Kier molecular flexibility index (Phi) is 7.34. The third-order valence-corrected chi connectivity index (χ3v) is 6.71. The van der Waals surface area contributed by atoms with E-state index in [0.717, 1.165) is 24.2 Å². The largest absolute Gasteiger partial charge is 0.497 e. The minimum atomic E-state index is -1.45. The number of nitrogen functional groups attached to an aromatic ring is 1. The molecule has 1 aliphatic heterocycles. The molecule has 13 heteroatoms. The predicted octanol–water partition coefficient (Wildman–Crippen LogP) is -0.427. The van der Waals surface area contributed by atoms with Crippen LogP contribution < -0.4 is 15.8 Å². The summed E-state index contributed by atoms with van der Waals surface area (Å²) in [6, 6.07) is 7.50. The highest BCUT2D eigenvalue weighted by atomic mass is 16.6. The summed E-state index contributed by atoms with van der Waals surface area (Å²) in [4.78, 5) is 39.5. The van der Waals surface area contributed by atoms with Gasteiger partial charge >= 0.3 is 0 Å². The van der Waals surface area contributed by atoms with Crippen LogP contribution in [0.2, 0.25) is 0 Å². The number of aliphatic hydroxyl groups excluding tert-OH is 2. The van der Waals surface area contributed by atoms with Gasteiger partial charge in [0.2, 0.25) is 11.7 Å². The van der Waals surface area contributed by atoms with Gasteiger partial charge in [0, 0.05) is 19.5 Å². The van der Waals surface area contributed by atoms with E-state index in [1.807, 2.05) is 24.3 Å². The average molecular weight is 536 g/mol. The van der Waals surface area contributed by atoms with Crippen molar-refractivity contribution in [3.63, 3.8) is 0 Å². The third kappa shape index (κ3) is 5.35. The lowest BCUT2D eigenvalue weighted by Crippen LogP contribution is -2.41. The summed E-state index contributed by atoms with van der Waals surface area (Å²) in [5.74, 6) is 6.21. The van der Waals surface area contributed by atoms with Crippen molar-refractivity contribution < 1.29 is 29.3 Å². The molecule has 13 nitrogen and oxygen atoms in total. The molecule has 5 N–H and O–H groups in total. The van der Waals surface area contributed by atoms with Crippen LogP contribution in [0, 0.1) is 17.8 Å². The predicted molar refractivity (Wildman–Crippen MR) is 138 cm³/mol. The van der Waals surface area contributed by atoms with Crippen molar-refractivity contribution in [2.45, 2.75) is 43.9 Å². The Labute approximate surface area is 223 Å². The van der Waals surface area contributed by atoms with E-state index in [-0.39, 0.29) is 41.2 Å². The van der Waals surface area contributed by atoms with Gasteiger partial charge < -0.3 is 35.6 Å². The first-order valence-corrected chi connectivity index (χ1v) is 12.4. The molecule has 0 radical (unpaired) electrons. The number of amides is 2. The Bertz CT molecular complexity index is 1440. The molecule has 2 fully saturated rings. The average Bonchev–Trinajstić information content (AvgIpc) is 3.65. The van der Waals surface area contributed by atoms with Crippen molar-refractivity contribution >= 4 is 28.8 Å². The monoisotopic (exact) mass is 535 g/mol. The maximum absolute atomic E-state index is 12.9. The van der Waals surface area contributed by atoms with E-state index in [1.54, 1.807) is 12.0 Å². The van der Waals surface area contributed by atoms with Crippen molar-refractivity contribution in [3.05, 3.63) is 42.0 Å². The smallest absolute Gasteiger partial charge is 0.251 e. The van der Waals surface area contributed by atoms with Crippen molar-refractivity contribution in [3.8, 4) is 17.6 Å². The van der Waals surface area contributed by atoms with Gasteiger partial charge in [0.15, 0.2) is 23.8 Å². The fraction of sp³-hybridized carbons (Fsp3) is 0.423. The highest BCUT2D eigenvalue weighted by Crippen LogP contribution is 2.33. The summed E-state index contributed by atoms with van der Waals surface area (Å²) in [7, 11) is 3.00. The molecule has 3 aromatic rings. The number of aliphatic hydroxyl groups is 2. The number of benzene rings is 1. The molecule has 0 unspecified atom stereocenters. The first-order chi connectivity index (χ1) is 18.8. The number of likely N-dealkylation sites (N-methyl/N-ethyl adjacent to an activating group) is 1. The first-order valence-electron chi connectivity index (χ1n) is 12.4. The van der Waals surface area contributed by atoms with Crippen molar-refractivity contribution in [1.29, 1.82) is 0 Å². The van der Waals surface area contributed by atoms with E-state index in [2.05, 4.69) is 32.1 Å². The van der Waals surface area contributed by atoms with Gasteiger partial charge in [0.05, 0.1) is 20.0 Å². The van der Waals surface area contributed by atoms with E-state index in [0.29, 0.717) is 6.54 Å². The maximum atomic E-state index is 12.9. The van der Waals surface area contributed by atoms with Crippen LogP contribution in [0.15, 0.2) is 30.6 Å². The molecule has 1 saturated carbocycles. The molecule has 4 atom stereocenters. The molecule has 2 aliphatic rings. The number of aromatic nitrogens is 4. The zero-order valence-electron chi connectivity index (χ0n) is 21.4. The minimum Gasteiger partial charge on any atom is -0.497 e. The molecule has 1 aromatic carbocycles. The number of nitrogens with one attached hydrogen (secondary N) is 1. The summed E-state index contributed by atoms with van der Waals surface area (Å²) in [6.45, 7) is 0.556. The van der Waals surface area contributed by atoms with Gasteiger partial charge in [0.1, 0.15) is 23.5 Å². The molecule has 39 heavy (non-hydrogen) atoms. The summed E-state index contributed by atoms with van der Waals surface area (Å²) < 4.78 is 12.2. The lowest BCUT2D eigenvalue weighted by atomic mass is 10.1. The lowest BCUT2D eigenvalue weighted by Gasteiger charge is -2.20. The topological polar surface area (TPSA) is 178 Å². The number of ether oxygens (including phenoxy) is 2. The van der Waals surface area contributed by atoms with Gasteiger partial charge in [-0.1, -0.05) is 18.1 Å². The number of methoxy groups -OCH3 is 1. The zero-order chi connectivity index (χ0) is 27.7. The molecule has 3 heterocycles.